The quantitative estimate of drug-likeness (QED) is 0.851. The highest BCUT2D eigenvalue weighted by atomic mass is 32.2. The van der Waals surface area contributed by atoms with Crippen LogP contribution in [-0.4, -0.2) is 17.0 Å². The molecule has 1 aromatic heterocycles. The summed E-state index contributed by atoms with van der Waals surface area (Å²) >= 11 is 1.25. The zero-order valence-electron chi connectivity index (χ0n) is 11.5. The van der Waals surface area contributed by atoms with Crippen LogP contribution in [0.15, 0.2) is 39.1 Å². The van der Waals surface area contributed by atoms with Crippen molar-refractivity contribution in [2.75, 3.05) is 7.05 Å². The maximum absolute atomic E-state index is 14.0. The van der Waals surface area contributed by atoms with Gasteiger partial charge < -0.3 is 10.3 Å². The Morgan fingerprint density at radius 2 is 2.20 bits per heavy atom. The largest absolute Gasteiger partial charge is 0.313 e. The van der Waals surface area contributed by atoms with Crippen molar-refractivity contribution in [3.8, 4) is 0 Å². The van der Waals surface area contributed by atoms with Gasteiger partial charge in [0.05, 0.1) is 0 Å². The van der Waals surface area contributed by atoms with Gasteiger partial charge in [-0.15, -0.1) is 0 Å². The molecule has 0 amide bonds. The van der Waals surface area contributed by atoms with E-state index in [1.165, 1.54) is 23.9 Å². The lowest BCUT2D eigenvalue weighted by Crippen LogP contribution is -2.15. The van der Waals surface area contributed by atoms with Gasteiger partial charge in [0.1, 0.15) is 5.82 Å². The molecule has 1 heterocycles. The number of nitrogens with one attached hydrogen (secondary N) is 2. The number of hydrogen-bond donors (Lipinski definition) is 2. The van der Waals surface area contributed by atoms with Crippen LogP contribution in [0, 0.1) is 12.7 Å². The van der Waals surface area contributed by atoms with Gasteiger partial charge in [-0.05, 0) is 33.0 Å². The minimum absolute atomic E-state index is 0.129. The van der Waals surface area contributed by atoms with Crippen LogP contribution in [0.3, 0.4) is 0 Å². The van der Waals surface area contributed by atoms with Gasteiger partial charge in [-0.1, -0.05) is 17.8 Å². The number of halogens is 1. The van der Waals surface area contributed by atoms with Crippen molar-refractivity contribution in [2.24, 2.45) is 0 Å². The molecule has 4 nitrogen and oxygen atoms in total. The second kappa shape index (κ2) is 6.19. The van der Waals surface area contributed by atoms with Gasteiger partial charge >= 0.3 is 0 Å². The summed E-state index contributed by atoms with van der Waals surface area (Å²) in [5, 5.41) is 3.49. The molecule has 2 aromatic rings. The molecule has 0 spiro atoms. The van der Waals surface area contributed by atoms with Crippen molar-refractivity contribution in [3.63, 3.8) is 0 Å². The number of aryl methyl sites for hydroxylation is 1. The van der Waals surface area contributed by atoms with Crippen LogP contribution in [0.4, 0.5) is 4.39 Å². The maximum atomic E-state index is 14.0. The van der Waals surface area contributed by atoms with Crippen LogP contribution in [0.5, 0.6) is 0 Å². The third-order valence-corrected chi connectivity index (χ3v) is 3.90. The van der Waals surface area contributed by atoms with E-state index in [9.17, 15) is 9.18 Å². The molecule has 1 atom stereocenters. The summed E-state index contributed by atoms with van der Waals surface area (Å²) in [7, 11) is 1.78. The van der Waals surface area contributed by atoms with Crippen LogP contribution in [0.1, 0.15) is 24.2 Å². The van der Waals surface area contributed by atoms with Crippen molar-refractivity contribution in [3.05, 3.63) is 51.7 Å². The van der Waals surface area contributed by atoms with Gasteiger partial charge in [-0.2, -0.15) is 0 Å². The number of aromatic nitrogens is 2. The minimum Gasteiger partial charge on any atom is -0.313 e. The normalized spacial score (nSPS) is 12.4. The molecule has 1 aromatic carbocycles. The van der Waals surface area contributed by atoms with Gasteiger partial charge in [0.15, 0.2) is 5.16 Å². The van der Waals surface area contributed by atoms with Crippen LogP contribution in [0.25, 0.3) is 0 Å². The Morgan fingerprint density at radius 3 is 2.85 bits per heavy atom. The van der Waals surface area contributed by atoms with E-state index in [0.717, 1.165) is 4.90 Å². The molecule has 0 radical (unpaired) electrons. The van der Waals surface area contributed by atoms with Crippen molar-refractivity contribution in [2.45, 2.75) is 29.9 Å². The predicted octanol–water partition coefficient (Wildman–Crippen LogP) is 2.65. The van der Waals surface area contributed by atoms with Gasteiger partial charge in [0.25, 0.3) is 5.56 Å². The first-order valence-electron chi connectivity index (χ1n) is 6.22. The molecule has 106 valence electrons. The second-order valence-electron chi connectivity index (χ2n) is 4.46. The van der Waals surface area contributed by atoms with Crippen LogP contribution < -0.4 is 10.9 Å². The molecule has 0 saturated heterocycles. The first-order chi connectivity index (χ1) is 9.51. The van der Waals surface area contributed by atoms with Crippen LogP contribution in [-0.2, 0) is 0 Å². The number of H-pyrrole nitrogens is 1. The van der Waals surface area contributed by atoms with Crippen molar-refractivity contribution < 1.29 is 4.39 Å². The highest BCUT2D eigenvalue weighted by molar-refractivity contribution is 7.99. The van der Waals surface area contributed by atoms with E-state index in [2.05, 4.69) is 15.3 Å². The summed E-state index contributed by atoms with van der Waals surface area (Å²) in [6, 6.07) is 6.19. The Hall–Kier alpha value is -1.66. The molecular weight excluding hydrogens is 277 g/mol. The van der Waals surface area contributed by atoms with E-state index in [1.807, 2.05) is 13.0 Å². The molecule has 2 rings (SSSR count). The number of rotatable bonds is 4. The summed E-state index contributed by atoms with van der Waals surface area (Å²) in [5.74, 6) is -0.271. The first kappa shape index (κ1) is 14.7. The SMILES string of the molecule is CNC(C)c1c(F)cccc1Sc1nc(C)cc(=O)[nH]1. The fourth-order valence-electron chi connectivity index (χ4n) is 1.87. The monoisotopic (exact) mass is 293 g/mol. The average molecular weight is 293 g/mol. The Kier molecular flexibility index (Phi) is 4.57. The van der Waals surface area contributed by atoms with Crippen molar-refractivity contribution >= 4 is 11.8 Å². The highest BCUT2D eigenvalue weighted by Crippen LogP contribution is 2.32. The minimum atomic E-state index is -0.271. The third-order valence-electron chi connectivity index (χ3n) is 2.93. The van der Waals surface area contributed by atoms with Crippen LogP contribution in [0.2, 0.25) is 0 Å². The van der Waals surface area contributed by atoms with E-state index in [4.69, 9.17) is 0 Å². The maximum Gasteiger partial charge on any atom is 0.251 e. The molecule has 0 bridgehead atoms. The fourth-order valence-corrected chi connectivity index (χ4v) is 2.96. The number of benzene rings is 1. The highest BCUT2D eigenvalue weighted by Gasteiger charge is 2.15. The Balaban J connectivity index is 2.43. The summed E-state index contributed by atoms with van der Waals surface area (Å²) < 4.78 is 14.0. The lowest BCUT2D eigenvalue weighted by molar-refractivity contribution is 0.552. The van der Waals surface area contributed by atoms with Crippen molar-refractivity contribution in [1.82, 2.24) is 15.3 Å². The Morgan fingerprint density at radius 1 is 1.45 bits per heavy atom. The van der Waals surface area contributed by atoms with Gasteiger partial charge in [0, 0.05) is 28.3 Å². The molecule has 20 heavy (non-hydrogen) atoms. The smallest absolute Gasteiger partial charge is 0.251 e. The van der Waals surface area contributed by atoms with E-state index >= 15 is 0 Å². The molecular formula is C14H16FN3OS. The Labute approximate surface area is 120 Å². The van der Waals surface area contributed by atoms with Crippen LogP contribution >= 0.6 is 11.8 Å². The standard InChI is InChI=1S/C14H16FN3OS/c1-8-7-12(19)18-14(17-8)20-11-6-4-5-10(15)13(11)9(2)16-3/h4-7,9,16H,1-3H3,(H,17,18,19). The summed E-state index contributed by atoms with van der Waals surface area (Å²) in [6.07, 6.45) is 0. The lowest BCUT2D eigenvalue weighted by Gasteiger charge is -2.16. The van der Waals surface area contributed by atoms with E-state index in [0.29, 0.717) is 16.4 Å². The van der Waals surface area contributed by atoms with E-state index in [-0.39, 0.29) is 17.4 Å². The number of aromatic amines is 1. The van der Waals surface area contributed by atoms with E-state index < -0.39 is 0 Å². The molecule has 0 saturated carbocycles. The van der Waals surface area contributed by atoms with Gasteiger partial charge in [0.2, 0.25) is 0 Å². The molecule has 1 unspecified atom stereocenters. The average Bonchev–Trinajstić information content (AvgIpc) is 2.37. The van der Waals surface area contributed by atoms with E-state index in [1.54, 1.807) is 20.0 Å². The molecule has 0 aliphatic rings. The lowest BCUT2D eigenvalue weighted by atomic mass is 10.1. The zero-order chi connectivity index (χ0) is 14.7. The third kappa shape index (κ3) is 3.26. The molecule has 0 fully saturated rings. The summed E-state index contributed by atoms with van der Waals surface area (Å²) in [6.45, 7) is 3.64. The molecule has 2 N–H and O–H groups in total. The first-order valence-corrected chi connectivity index (χ1v) is 7.04. The van der Waals surface area contributed by atoms with Gasteiger partial charge in [-0.3, -0.25) is 4.79 Å². The topological polar surface area (TPSA) is 57.8 Å². The second-order valence-corrected chi connectivity index (χ2v) is 5.49. The molecule has 6 heteroatoms. The Bertz CT molecular complexity index is 672. The van der Waals surface area contributed by atoms with Gasteiger partial charge in [-0.25, -0.2) is 9.37 Å². The number of nitrogens with zero attached hydrogens (tertiary/aromatic N) is 1. The predicted molar refractivity (Wildman–Crippen MR) is 77.6 cm³/mol. The van der Waals surface area contributed by atoms with Crippen molar-refractivity contribution in [1.29, 1.82) is 0 Å². The number of hydrogen-bond acceptors (Lipinski definition) is 4. The molecule has 0 aliphatic heterocycles. The summed E-state index contributed by atoms with van der Waals surface area (Å²) in [5.41, 5.74) is 1.000. The fraction of sp³-hybridized carbons (Fsp3) is 0.286. The molecule has 0 aliphatic carbocycles. The summed E-state index contributed by atoms with van der Waals surface area (Å²) in [4.78, 5) is 19.1. The zero-order valence-corrected chi connectivity index (χ0v) is 12.3.